The van der Waals surface area contributed by atoms with E-state index < -0.39 is 0 Å². The molecule has 23 heavy (non-hydrogen) atoms. The summed E-state index contributed by atoms with van der Waals surface area (Å²) >= 11 is 1.60. The van der Waals surface area contributed by atoms with Gasteiger partial charge in [-0.1, -0.05) is 26.0 Å². The van der Waals surface area contributed by atoms with Gasteiger partial charge in [0.25, 0.3) is 5.56 Å². The predicted molar refractivity (Wildman–Crippen MR) is 92.3 cm³/mol. The molecule has 0 atom stereocenters. The van der Waals surface area contributed by atoms with E-state index in [0.29, 0.717) is 13.2 Å². The number of benzene rings is 1. The second-order valence-corrected chi connectivity index (χ2v) is 5.85. The molecule has 0 N–H and O–H groups in total. The molecule has 2 heterocycles. The van der Waals surface area contributed by atoms with Crippen molar-refractivity contribution in [2.24, 2.45) is 0 Å². The number of nitrogens with zero attached hydrogens (tertiary/aromatic N) is 2. The third-order valence-electron chi connectivity index (χ3n) is 3.33. The van der Waals surface area contributed by atoms with Crippen LogP contribution in [0.3, 0.4) is 0 Å². The molecule has 2 aromatic rings. The summed E-state index contributed by atoms with van der Waals surface area (Å²) in [4.78, 5) is 12.9. The zero-order chi connectivity index (χ0) is 16.7. The molecule has 5 nitrogen and oxygen atoms in total. The first-order valence-corrected chi connectivity index (χ1v) is 8.67. The summed E-state index contributed by atoms with van der Waals surface area (Å²) in [6.07, 6.45) is 1.74. The van der Waals surface area contributed by atoms with E-state index in [1.807, 2.05) is 38.1 Å². The average Bonchev–Trinajstić information content (AvgIpc) is 2.56. The highest BCUT2D eigenvalue weighted by atomic mass is 32.2. The van der Waals surface area contributed by atoms with Crippen molar-refractivity contribution < 1.29 is 9.47 Å². The van der Waals surface area contributed by atoms with Crippen molar-refractivity contribution in [3.05, 3.63) is 52.4 Å². The molecule has 1 aromatic heterocycles. The van der Waals surface area contributed by atoms with Crippen LogP contribution in [-0.2, 0) is 10.5 Å². The van der Waals surface area contributed by atoms with Crippen LogP contribution < -0.4 is 10.3 Å². The Kier molecular flexibility index (Phi) is 6.67. The van der Waals surface area contributed by atoms with Crippen molar-refractivity contribution in [2.45, 2.75) is 30.5 Å². The Hall–Kier alpha value is -1.79. The summed E-state index contributed by atoms with van der Waals surface area (Å²) in [7, 11) is 1.65. The van der Waals surface area contributed by atoms with E-state index in [1.54, 1.807) is 31.1 Å². The number of hydrogen-bond donors (Lipinski definition) is 0. The average molecular weight is 334 g/mol. The highest BCUT2D eigenvalue weighted by Gasteiger charge is 2.22. The Morgan fingerprint density at radius 1 is 1.30 bits per heavy atom. The van der Waals surface area contributed by atoms with E-state index >= 15 is 0 Å². The van der Waals surface area contributed by atoms with Crippen LogP contribution in [0.4, 0.5) is 0 Å². The van der Waals surface area contributed by atoms with Gasteiger partial charge in [-0.2, -0.15) is 5.10 Å². The molecule has 1 aliphatic rings. The number of methoxy groups -OCH3 is 1. The zero-order valence-corrected chi connectivity index (χ0v) is 14.5. The van der Waals surface area contributed by atoms with Crippen LogP contribution in [0, 0.1) is 0 Å². The van der Waals surface area contributed by atoms with E-state index in [1.165, 1.54) is 10.2 Å². The molecule has 0 unspecified atom stereocenters. The number of thioether (sulfide) groups is 1. The SMILES string of the molecule is CC.COc1ccc(CSc2cnn(C3COC3)c(=O)c2)cc1. The van der Waals surface area contributed by atoms with Crippen molar-refractivity contribution in [3.8, 4) is 5.75 Å². The van der Waals surface area contributed by atoms with Gasteiger partial charge >= 0.3 is 0 Å². The molecular formula is C17H22N2O3S. The first kappa shape index (κ1) is 17.6. The van der Waals surface area contributed by atoms with Crippen LogP contribution in [0.25, 0.3) is 0 Å². The van der Waals surface area contributed by atoms with Crippen LogP contribution in [0.1, 0.15) is 25.5 Å². The zero-order valence-electron chi connectivity index (χ0n) is 13.7. The Labute approximate surface area is 140 Å². The summed E-state index contributed by atoms with van der Waals surface area (Å²) in [6, 6.07) is 9.64. The van der Waals surface area contributed by atoms with E-state index in [0.717, 1.165) is 16.4 Å². The summed E-state index contributed by atoms with van der Waals surface area (Å²) < 4.78 is 11.7. The Bertz CT molecular complexity index is 666. The van der Waals surface area contributed by atoms with Crippen LogP contribution >= 0.6 is 11.8 Å². The van der Waals surface area contributed by atoms with Crippen molar-refractivity contribution in [1.82, 2.24) is 9.78 Å². The van der Waals surface area contributed by atoms with Gasteiger partial charge in [0.05, 0.1) is 26.5 Å². The van der Waals surface area contributed by atoms with Gasteiger partial charge in [0.15, 0.2) is 0 Å². The monoisotopic (exact) mass is 334 g/mol. The lowest BCUT2D eigenvalue weighted by molar-refractivity contribution is -0.0309. The lowest BCUT2D eigenvalue weighted by Crippen LogP contribution is -2.38. The van der Waals surface area contributed by atoms with E-state index in [-0.39, 0.29) is 11.6 Å². The molecule has 0 aliphatic carbocycles. The third kappa shape index (κ3) is 4.59. The van der Waals surface area contributed by atoms with Gasteiger partial charge in [0, 0.05) is 16.7 Å². The van der Waals surface area contributed by atoms with E-state index in [9.17, 15) is 4.79 Å². The number of ether oxygens (including phenoxy) is 2. The Morgan fingerprint density at radius 3 is 2.52 bits per heavy atom. The molecule has 3 rings (SSSR count). The molecule has 1 fully saturated rings. The van der Waals surface area contributed by atoms with Gasteiger partial charge in [-0.05, 0) is 17.7 Å². The van der Waals surface area contributed by atoms with E-state index in [4.69, 9.17) is 9.47 Å². The van der Waals surface area contributed by atoms with Crippen LogP contribution in [0.5, 0.6) is 5.75 Å². The maximum atomic E-state index is 12.0. The molecule has 0 saturated carbocycles. The summed E-state index contributed by atoms with van der Waals surface area (Å²) in [5, 5.41) is 4.22. The lowest BCUT2D eigenvalue weighted by Gasteiger charge is -2.26. The quantitative estimate of drug-likeness (QED) is 0.786. The van der Waals surface area contributed by atoms with Gasteiger partial charge in [-0.25, -0.2) is 4.68 Å². The molecular weight excluding hydrogens is 312 g/mol. The van der Waals surface area contributed by atoms with E-state index in [2.05, 4.69) is 5.10 Å². The van der Waals surface area contributed by atoms with Gasteiger partial charge < -0.3 is 9.47 Å². The Balaban J connectivity index is 0.000000924. The van der Waals surface area contributed by atoms with Crippen molar-refractivity contribution >= 4 is 11.8 Å². The molecule has 0 spiro atoms. The van der Waals surface area contributed by atoms with Crippen molar-refractivity contribution in [3.63, 3.8) is 0 Å². The molecule has 1 aliphatic heterocycles. The van der Waals surface area contributed by atoms with Crippen LogP contribution in [-0.4, -0.2) is 30.1 Å². The van der Waals surface area contributed by atoms with Crippen LogP contribution in [0.15, 0.2) is 46.2 Å². The molecule has 0 amide bonds. The third-order valence-corrected chi connectivity index (χ3v) is 4.37. The number of rotatable bonds is 5. The molecule has 124 valence electrons. The van der Waals surface area contributed by atoms with Crippen LogP contribution in [0.2, 0.25) is 0 Å². The first-order valence-electron chi connectivity index (χ1n) is 7.68. The minimum absolute atomic E-state index is 0.0666. The molecule has 6 heteroatoms. The highest BCUT2D eigenvalue weighted by molar-refractivity contribution is 7.98. The summed E-state index contributed by atoms with van der Waals surface area (Å²) in [5.41, 5.74) is 1.11. The fraction of sp³-hybridized carbons (Fsp3) is 0.412. The standard InChI is InChI=1S/C15H16N2O3S.C2H6/c1-19-13-4-2-11(3-5-13)10-21-14-6-15(18)17(16-7-14)12-8-20-9-12;1-2/h2-7,12H,8-10H2,1H3;1-2H3. The molecule has 0 radical (unpaired) electrons. The highest BCUT2D eigenvalue weighted by Crippen LogP contribution is 2.23. The van der Waals surface area contributed by atoms with Gasteiger partial charge in [0.1, 0.15) is 11.8 Å². The second kappa shape index (κ2) is 8.74. The van der Waals surface area contributed by atoms with Gasteiger partial charge in [-0.15, -0.1) is 11.8 Å². The minimum Gasteiger partial charge on any atom is -0.497 e. The van der Waals surface area contributed by atoms with Crippen molar-refractivity contribution in [1.29, 1.82) is 0 Å². The lowest BCUT2D eigenvalue weighted by atomic mass is 10.2. The number of hydrogen-bond acceptors (Lipinski definition) is 5. The largest absolute Gasteiger partial charge is 0.497 e. The second-order valence-electron chi connectivity index (χ2n) is 4.80. The normalized spacial score (nSPS) is 13.7. The van der Waals surface area contributed by atoms with Gasteiger partial charge in [-0.3, -0.25) is 4.79 Å². The fourth-order valence-electron chi connectivity index (χ4n) is 2.01. The maximum absolute atomic E-state index is 12.0. The molecule has 1 aromatic carbocycles. The first-order chi connectivity index (χ1) is 11.3. The topological polar surface area (TPSA) is 53.4 Å². The Morgan fingerprint density at radius 2 is 2.00 bits per heavy atom. The molecule has 1 saturated heterocycles. The summed E-state index contributed by atoms with van der Waals surface area (Å²) in [5.74, 6) is 1.64. The maximum Gasteiger partial charge on any atom is 0.268 e. The van der Waals surface area contributed by atoms with Gasteiger partial charge in [0.2, 0.25) is 0 Å². The summed E-state index contributed by atoms with van der Waals surface area (Å²) in [6.45, 7) is 5.15. The predicted octanol–water partition coefficient (Wildman–Crippen LogP) is 3.14. The molecule has 0 bridgehead atoms. The number of aromatic nitrogens is 2. The van der Waals surface area contributed by atoms with Crippen molar-refractivity contribution in [2.75, 3.05) is 20.3 Å². The smallest absolute Gasteiger partial charge is 0.268 e. The minimum atomic E-state index is -0.0666. The fourth-order valence-corrected chi connectivity index (χ4v) is 2.84.